The molecule has 0 unspecified atom stereocenters. The highest BCUT2D eigenvalue weighted by molar-refractivity contribution is 6.71. The summed E-state index contributed by atoms with van der Waals surface area (Å²) in [6, 6.07) is 38.9. The number of carbonyl (C=O) groups excluding carboxylic acids is 4. The predicted molar refractivity (Wildman–Crippen MR) is 229 cm³/mol. The van der Waals surface area contributed by atoms with Crippen LogP contribution in [0, 0.1) is 5.92 Å². The van der Waals surface area contributed by atoms with Gasteiger partial charge in [0, 0.05) is 46.3 Å². The van der Waals surface area contributed by atoms with Gasteiger partial charge in [0.15, 0.2) is 13.9 Å². The number of anilines is 5. The summed E-state index contributed by atoms with van der Waals surface area (Å²) in [6.07, 6.45) is 1.09. The van der Waals surface area contributed by atoms with E-state index in [4.69, 9.17) is 4.74 Å². The topological polar surface area (TPSA) is 131 Å². The van der Waals surface area contributed by atoms with Crippen molar-refractivity contribution in [1.29, 1.82) is 0 Å². The quantitative estimate of drug-likeness (QED) is 0.103. The molecule has 302 valence electrons. The molecule has 1 spiro atoms. The zero-order chi connectivity index (χ0) is 41.5. The van der Waals surface area contributed by atoms with Gasteiger partial charge in [-0.05, 0) is 90.8 Å². The summed E-state index contributed by atoms with van der Waals surface area (Å²) >= 11 is 0. The molecule has 5 atom stereocenters. The van der Waals surface area contributed by atoms with Gasteiger partial charge in [-0.25, -0.2) is 0 Å². The molecule has 3 aliphatic heterocycles. The van der Waals surface area contributed by atoms with Crippen LogP contribution in [-0.4, -0.2) is 66.5 Å². The average molecular weight is 809 g/mol. The third kappa shape index (κ3) is 7.16. The molecule has 0 saturated carbocycles. The van der Waals surface area contributed by atoms with E-state index in [0.29, 0.717) is 47.0 Å². The minimum atomic E-state index is -3.16. The number of hydrogen-bond donors (Lipinski definition) is 2. The molecule has 3 heterocycles. The third-order valence-corrected chi connectivity index (χ3v) is 14.8. The van der Waals surface area contributed by atoms with E-state index in [1.807, 2.05) is 141 Å². The number of nitrogens with zero attached hydrogens (tertiary/aromatic N) is 4. The fourth-order valence-corrected chi connectivity index (χ4v) is 12.2. The van der Waals surface area contributed by atoms with Crippen molar-refractivity contribution >= 4 is 61.4 Å². The highest BCUT2D eigenvalue weighted by atomic mass is 28.4. The van der Waals surface area contributed by atoms with Gasteiger partial charge in [-0.15, -0.1) is 0 Å². The zero-order valence-electron chi connectivity index (χ0n) is 33.3. The highest BCUT2D eigenvalue weighted by Gasteiger charge is 2.66. The van der Waals surface area contributed by atoms with Crippen molar-refractivity contribution in [2.45, 2.75) is 69.2 Å². The number of carbonyl (C=O) groups is 4. The smallest absolute Gasteiger partial charge is 0.264 e. The lowest BCUT2D eigenvalue weighted by Crippen LogP contribution is -2.48. The Labute approximate surface area is 345 Å². The summed E-state index contributed by atoms with van der Waals surface area (Å²) in [7, 11) is -3.16. The standard InChI is InChI=1S/C47H48N4O7Si/c1-32-45(59(2,3)57)43(26-44(55)48-28-35-15-11-10-14-34(35)24-40(48)29-52)58-47(32)41-25-39(51(31-54)37-18-8-5-9-19-37)21-22-42(41)49(46(47)56)27-33-13-12-20-38(23-33)50(30-53)36-16-6-4-7-17-36/h4-23,25,30-32,40,43,45,52,57H,24,26-29H2,1-3H3/t32-,40+,43+,45-,47+/m1/s1. The van der Waals surface area contributed by atoms with Gasteiger partial charge in [0.1, 0.15) is 0 Å². The lowest BCUT2D eigenvalue weighted by Gasteiger charge is -2.37. The molecule has 0 aliphatic carbocycles. The van der Waals surface area contributed by atoms with Gasteiger partial charge < -0.3 is 24.4 Å². The van der Waals surface area contributed by atoms with Gasteiger partial charge in [0.2, 0.25) is 18.7 Å². The Morgan fingerprint density at radius 3 is 2.02 bits per heavy atom. The Kier molecular flexibility index (Phi) is 10.8. The summed E-state index contributed by atoms with van der Waals surface area (Å²) < 4.78 is 7.09. The molecule has 2 N–H and O–H groups in total. The first-order chi connectivity index (χ1) is 28.5. The van der Waals surface area contributed by atoms with Crippen LogP contribution in [0.2, 0.25) is 18.6 Å². The number of aliphatic hydroxyl groups is 1. The first kappa shape index (κ1) is 39.9. The Balaban J connectivity index is 1.19. The van der Waals surface area contributed by atoms with E-state index in [9.17, 15) is 24.3 Å². The first-order valence-corrected chi connectivity index (χ1v) is 23.0. The molecule has 1 fully saturated rings. The van der Waals surface area contributed by atoms with Crippen LogP contribution in [0.4, 0.5) is 28.4 Å². The molecule has 4 amide bonds. The van der Waals surface area contributed by atoms with Crippen molar-refractivity contribution in [2.24, 2.45) is 5.92 Å². The van der Waals surface area contributed by atoms with Gasteiger partial charge in [0.25, 0.3) is 5.91 Å². The maximum atomic E-state index is 15.4. The number of hydrogen-bond acceptors (Lipinski definition) is 7. The number of benzene rings is 5. The third-order valence-electron chi connectivity index (χ3n) is 12.3. The van der Waals surface area contributed by atoms with Crippen LogP contribution in [-0.2, 0) is 49.0 Å². The van der Waals surface area contributed by atoms with E-state index >= 15 is 4.79 Å². The fourth-order valence-electron chi connectivity index (χ4n) is 9.61. The molecule has 0 radical (unpaired) electrons. The van der Waals surface area contributed by atoms with Gasteiger partial charge >= 0.3 is 0 Å². The van der Waals surface area contributed by atoms with E-state index in [1.54, 1.807) is 20.8 Å². The Morgan fingerprint density at radius 1 is 0.814 bits per heavy atom. The monoisotopic (exact) mass is 808 g/mol. The first-order valence-electron chi connectivity index (χ1n) is 20.0. The molecular formula is C47H48N4O7Si. The average Bonchev–Trinajstić information content (AvgIpc) is 3.67. The maximum Gasteiger partial charge on any atom is 0.264 e. The van der Waals surface area contributed by atoms with Crippen molar-refractivity contribution in [3.63, 3.8) is 0 Å². The second kappa shape index (κ2) is 16.0. The highest BCUT2D eigenvalue weighted by Crippen LogP contribution is 2.60. The largest absolute Gasteiger partial charge is 0.432 e. The molecule has 1 saturated heterocycles. The molecule has 0 aromatic heterocycles. The van der Waals surface area contributed by atoms with E-state index in [-0.39, 0.29) is 31.4 Å². The molecule has 5 aromatic rings. The number of para-hydroxylation sites is 2. The Bertz CT molecular complexity index is 2370. The summed E-state index contributed by atoms with van der Waals surface area (Å²) in [4.78, 5) is 73.3. The predicted octanol–water partition coefficient (Wildman–Crippen LogP) is 6.96. The minimum absolute atomic E-state index is 0.0950. The van der Waals surface area contributed by atoms with Crippen LogP contribution >= 0.6 is 0 Å². The van der Waals surface area contributed by atoms with Crippen LogP contribution in [0.1, 0.15) is 35.6 Å². The molecule has 0 bridgehead atoms. The molecule has 3 aliphatic rings. The molecule has 59 heavy (non-hydrogen) atoms. The number of fused-ring (bicyclic) bond motifs is 3. The molecule has 5 aromatic carbocycles. The van der Waals surface area contributed by atoms with Crippen molar-refractivity contribution in [3.8, 4) is 0 Å². The van der Waals surface area contributed by atoms with Gasteiger partial charge in [-0.3, -0.25) is 29.0 Å². The molecule has 12 heteroatoms. The van der Waals surface area contributed by atoms with Gasteiger partial charge in [-0.2, -0.15) is 0 Å². The molecule has 8 rings (SSSR count). The van der Waals surface area contributed by atoms with Gasteiger partial charge in [-0.1, -0.05) is 79.7 Å². The summed E-state index contributed by atoms with van der Waals surface area (Å²) in [5, 5.41) is 10.4. The van der Waals surface area contributed by atoms with Crippen LogP contribution in [0.3, 0.4) is 0 Å². The minimum Gasteiger partial charge on any atom is -0.432 e. The van der Waals surface area contributed by atoms with Crippen molar-refractivity contribution in [3.05, 3.63) is 150 Å². The van der Waals surface area contributed by atoms with E-state index < -0.39 is 37.5 Å². The summed E-state index contributed by atoms with van der Waals surface area (Å²) in [6.45, 7) is 5.82. The maximum absolute atomic E-state index is 15.4. The normalized spacial score (nSPS) is 22.2. The number of amides is 4. The number of aliphatic hydroxyl groups excluding tert-OH is 1. The second-order valence-corrected chi connectivity index (χ2v) is 20.3. The van der Waals surface area contributed by atoms with Crippen LogP contribution in [0.5, 0.6) is 0 Å². The summed E-state index contributed by atoms with van der Waals surface area (Å²) in [5.41, 5.74) is 4.34. The Hall–Kier alpha value is -5.92. The van der Waals surface area contributed by atoms with E-state index in [1.165, 1.54) is 4.90 Å². The SMILES string of the molecule is C[C@@H]1[C@@H]([Si](C)(C)O)[C@H](CC(=O)N2Cc3ccccc3C[C@H]2CO)O[C@@]12C(=O)N(Cc1cccc(N(C=O)c3ccccc3)c1)c1ccc(N(C=O)c3ccccc3)cc12. The number of ether oxygens (including phenoxy) is 1. The molecular weight excluding hydrogens is 761 g/mol. The number of rotatable bonds is 12. The summed E-state index contributed by atoms with van der Waals surface area (Å²) in [5.74, 6) is -1.14. The Morgan fingerprint density at radius 2 is 1.41 bits per heavy atom. The van der Waals surface area contributed by atoms with Crippen LogP contribution < -0.4 is 14.7 Å². The van der Waals surface area contributed by atoms with Crippen LogP contribution in [0.15, 0.2) is 127 Å². The van der Waals surface area contributed by atoms with E-state index in [0.717, 1.165) is 29.5 Å². The van der Waals surface area contributed by atoms with E-state index in [2.05, 4.69) is 0 Å². The van der Waals surface area contributed by atoms with Gasteiger partial charge in [0.05, 0.1) is 37.4 Å². The van der Waals surface area contributed by atoms with Crippen molar-refractivity contribution < 1.29 is 33.8 Å². The fraction of sp³-hybridized carbons (Fsp3) is 0.277. The zero-order valence-corrected chi connectivity index (χ0v) is 34.3. The lowest BCUT2D eigenvalue weighted by atomic mass is 9.82. The van der Waals surface area contributed by atoms with Crippen molar-refractivity contribution in [2.75, 3.05) is 21.3 Å². The van der Waals surface area contributed by atoms with Crippen molar-refractivity contribution in [1.82, 2.24) is 4.90 Å². The van der Waals surface area contributed by atoms with Crippen LogP contribution in [0.25, 0.3) is 0 Å². The second-order valence-electron chi connectivity index (χ2n) is 16.3. The lowest BCUT2D eigenvalue weighted by molar-refractivity contribution is -0.151. The molecule has 11 nitrogen and oxygen atoms in total.